The molecular formula is C15H19NO3S. The van der Waals surface area contributed by atoms with Gasteiger partial charge in [0, 0.05) is 0 Å². The smallest absolute Gasteiger partial charge is 0.154 e. The highest BCUT2D eigenvalue weighted by Gasteiger charge is 2.39. The number of sulfone groups is 1. The second-order valence-electron chi connectivity index (χ2n) is 5.11. The van der Waals surface area contributed by atoms with Crippen molar-refractivity contribution in [3.63, 3.8) is 0 Å². The number of Topliss-reactive ketones (excluding diaryl/α,β-unsaturated/α-hetero) is 1. The van der Waals surface area contributed by atoms with Crippen molar-refractivity contribution in [1.82, 2.24) is 0 Å². The Morgan fingerprint density at radius 3 is 2.25 bits per heavy atom. The average Bonchev–Trinajstić information content (AvgIpc) is 2.40. The van der Waals surface area contributed by atoms with Crippen LogP contribution in [0.3, 0.4) is 0 Å². The Bertz CT molecular complexity index is 614. The third-order valence-electron chi connectivity index (χ3n) is 3.54. The van der Waals surface area contributed by atoms with Crippen LogP contribution in [0.2, 0.25) is 0 Å². The molecule has 0 fully saturated rings. The molecule has 0 radical (unpaired) electrons. The summed E-state index contributed by atoms with van der Waals surface area (Å²) in [5, 5.41) is 8.96. The molecule has 1 unspecified atom stereocenters. The predicted octanol–water partition coefficient (Wildman–Crippen LogP) is 2.25. The minimum atomic E-state index is -3.29. The molecule has 0 aliphatic heterocycles. The molecule has 0 amide bonds. The van der Waals surface area contributed by atoms with E-state index in [1.165, 1.54) is 6.92 Å². The first kappa shape index (κ1) is 16.4. The number of rotatable bonds is 6. The molecule has 0 N–H and O–H groups in total. The molecule has 0 aliphatic rings. The average molecular weight is 293 g/mol. The zero-order valence-electron chi connectivity index (χ0n) is 12.0. The van der Waals surface area contributed by atoms with Crippen molar-refractivity contribution in [2.75, 3.05) is 5.75 Å². The van der Waals surface area contributed by atoms with Crippen LogP contribution in [-0.4, -0.2) is 25.2 Å². The van der Waals surface area contributed by atoms with Gasteiger partial charge in [0.05, 0.1) is 17.1 Å². The van der Waals surface area contributed by atoms with Crippen molar-refractivity contribution in [3.8, 4) is 6.07 Å². The van der Waals surface area contributed by atoms with E-state index in [-0.39, 0.29) is 18.0 Å². The third kappa shape index (κ3) is 3.26. The van der Waals surface area contributed by atoms with E-state index in [4.69, 9.17) is 0 Å². The lowest BCUT2D eigenvalue weighted by Crippen LogP contribution is -2.35. The molecule has 1 aromatic rings. The normalized spacial score (nSPS) is 14.6. The minimum Gasteiger partial charge on any atom is -0.298 e. The summed E-state index contributed by atoms with van der Waals surface area (Å²) in [7, 11) is -3.29. The number of hydrogen-bond acceptors (Lipinski definition) is 4. The maximum absolute atomic E-state index is 12.0. The largest absolute Gasteiger partial charge is 0.298 e. The van der Waals surface area contributed by atoms with Gasteiger partial charge in [0.2, 0.25) is 0 Å². The van der Waals surface area contributed by atoms with Crippen molar-refractivity contribution in [2.24, 2.45) is 0 Å². The third-order valence-corrected chi connectivity index (χ3v) is 5.75. The maximum Gasteiger partial charge on any atom is 0.154 e. The summed E-state index contributed by atoms with van der Waals surface area (Å²) in [6.07, 6.45) is -0.0106. The highest BCUT2D eigenvalue weighted by molar-refractivity contribution is 7.91. The first-order chi connectivity index (χ1) is 9.26. The number of carbonyl (C=O) groups is 1. The van der Waals surface area contributed by atoms with E-state index < -0.39 is 20.5 Å². The van der Waals surface area contributed by atoms with Crippen LogP contribution in [0.4, 0.5) is 0 Å². The summed E-state index contributed by atoms with van der Waals surface area (Å²) in [6, 6.07) is 10.7. The highest BCUT2D eigenvalue weighted by Crippen LogP contribution is 2.29. The van der Waals surface area contributed by atoms with Gasteiger partial charge in [-0.2, -0.15) is 5.26 Å². The molecule has 0 aromatic heterocycles. The van der Waals surface area contributed by atoms with Crippen LogP contribution < -0.4 is 0 Å². The van der Waals surface area contributed by atoms with Crippen molar-refractivity contribution in [2.45, 2.75) is 37.9 Å². The molecule has 5 heteroatoms. The van der Waals surface area contributed by atoms with Crippen LogP contribution >= 0.6 is 0 Å². The molecule has 0 bridgehead atoms. The van der Waals surface area contributed by atoms with Crippen LogP contribution in [0.25, 0.3) is 0 Å². The maximum atomic E-state index is 12.0. The zero-order chi connectivity index (χ0) is 15.4. The molecule has 0 aliphatic carbocycles. The van der Waals surface area contributed by atoms with Crippen molar-refractivity contribution < 1.29 is 13.2 Å². The van der Waals surface area contributed by atoms with Gasteiger partial charge in [0.15, 0.2) is 15.6 Å². The van der Waals surface area contributed by atoms with Gasteiger partial charge in [-0.1, -0.05) is 30.3 Å². The van der Waals surface area contributed by atoms with E-state index in [1.807, 2.05) is 6.07 Å². The summed E-state index contributed by atoms with van der Waals surface area (Å²) in [5.74, 6) is -0.502. The number of carbonyl (C=O) groups excluding carboxylic acids is 1. The molecule has 0 spiro atoms. The Labute approximate surface area is 120 Å². The van der Waals surface area contributed by atoms with Gasteiger partial charge in [-0.3, -0.25) is 4.79 Å². The van der Waals surface area contributed by atoms with Gasteiger partial charge in [0.25, 0.3) is 0 Å². The monoisotopic (exact) mass is 293 g/mol. The van der Waals surface area contributed by atoms with E-state index in [1.54, 1.807) is 44.2 Å². The Balaban J connectivity index is 3.17. The Kier molecular flexibility index (Phi) is 5.07. The molecule has 0 heterocycles. The molecule has 108 valence electrons. The predicted molar refractivity (Wildman–Crippen MR) is 78.0 cm³/mol. The van der Waals surface area contributed by atoms with Crippen molar-refractivity contribution >= 4 is 15.6 Å². The first-order valence-electron chi connectivity index (χ1n) is 6.45. The second kappa shape index (κ2) is 6.19. The lowest BCUT2D eigenvalue weighted by molar-refractivity contribution is -0.120. The number of benzene rings is 1. The summed E-state index contributed by atoms with van der Waals surface area (Å²) < 4.78 is 23.9. The van der Waals surface area contributed by atoms with Crippen LogP contribution in [0, 0.1) is 11.3 Å². The molecule has 0 saturated heterocycles. The molecule has 0 saturated carbocycles. The lowest BCUT2D eigenvalue weighted by Gasteiger charge is -2.24. The van der Waals surface area contributed by atoms with Gasteiger partial charge < -0.3 is 0 Å². The van der Waals surface area contributed by atoms with Crippen LogP contribution in [0.5, 0.6) is 0 Å². The second-order valence-corrected chi connectivity index (χ2v) is 7.78. The fraction of sp³-hybridized carbons (Fsp3) is 0.467. The standard InChI is InChI=1S/C15H19NO3S/c1-12(2)20(18,19)10-9-15(11-16,13(3)17)14-7-5-4-6-8-14/h4-8,12H,9-10H2,1-3H3. The summed E-state index contributed by atoms with van der Waals surface area (Å²) in [5.41, 5.74) is -0.836. The van der Waals surface area contributed by atoms with Gasteiger partial charge in [0.1, 0.15) is 5.41 Å². The fourth-order valence-electron chi connectivity index (χ4n) is 1.98. The number of hydrogen-bond donors (Lipinski definition) is 0. The van der Waals surface area contributed by atoms with Gasteiger partial charge in [-0.05, 0) is 32.8 Å². The van der Waals surface area contributed by atoms with E-state index >= 15 is 0 Å². The first-order valence-corrected chi connectivity index (χ1v) is 8.17. The number of ketones is 1. The minimum absolute atomic E-state index is 0.0106. The number of nitrogens with zero attached hydrogens (tertiary/aromatic N) is 1. The molecule has 1 atom stereocenters. The fourth-order valence-corrected chi connectivity index (χ4v) is 3.04. The van der Waals surface area contributed by atoms with Gasteiger partial charge in [-0.15, -0.1) is 0 Å². The zero-order valence-corrected chi connectivity index (χ0v) is 12.8. The molecular weight excluding hydrogens is 274 g/mol. The van der Waals surface area contributed by atoms with Crippen LogP contribution in [-0.2, 0) is 20.0 Å². The summed E-state index contributed by atoms with van der Waals surface area (Å²) in [4.78, 5) is 12.0. The van der Waals surface area contributed by atoms with Crippen molar-refractivity contribution in [3.05, 3.63) is 35.9 Å². The van der Waals surface area contributed by atoms with Crippen LogP contribution in [0.1, 0.15) is 32.8 Å². The van der Waals surface area contributed by atoms with Crippen LogP contribution in [0.15, 0.2) is 30.3 Å². The Morgan fingerprint density at radius 2 is 1.85 bits per heavy atom. The van der Waals surface area contributed by atoms with E-state index in [0.717, 1.165) is 0 Å². The lowest BCUT2D eigenvalue weighted by atomic mass is 9.76. The number of nitriles is 1. The molecule has 20 heavy (non-hydrogen) atoms. The van der Waals surface area contributed by atoms with Gasteiger partial charge in [-0.25, -0.2) is 8.42 Å². The van der Waals surface area contributed by atoms with Gasteiger partial charge >= 0.3 is 0 Å². The highest BCUT2D eigenvalue weighted by atomic mass is 32.2. The SMILES string of the molecule is CC(=O)C(C#N)(CCS(=O)(=O)C(C)C)c1ccccc1. The summed E-state index contributed by atoms with van der Waals surface area (Å²) >= 11 is 0. The Hall–Kier alpha value is -1.67. The Morgan fingerprint density at radius 1 is 1.30 bits per heavy atom. The summed E-state index contributed by atoms with van der Waals surface area (Å²) in [6.45, 7) is 4.53. The molecule has 4 nitrogen and oxygen atoms in total. The topological polar surface area (TPSA) is 75.0 Å². The van der Waals surface area contributed by atoms with E-state index in [0.29, 0.717) is 5.56 Å². The van der Waals surface area contributed by atoms with E-state index in [9.17, 15) is 18.5 Å². The molecule has 1 rings (SSSR count). The molecule has 1 aromatic carbocycles. The quantitative estimate of drug-likeness (QED) is 0.806. The van der Waals surface area contributed by atoms with E-state index in [2.05, 4.69) is 0 Å². The van der Waals surface area contributed by atoms with Crippen molar-refractivity contribution in [1.29, 1.82) is 5.26 Å².